The van der Waals surface area contributed by atoms with Gasteiger partial charge in [-0.15, -0.1) is 0 Å². The Labute approximate surface area is 155 Å². The van der Waals surface area contributed by atoms with Crippen molar-refractivity contribution < 1.29 is 19.1 Å². The number of rotatable bonds is 10. The molecular weight excluding hydrogens is 332 g/mol. The molecule has 1 aromatic carbocycles. The number of nitrogens with one attached hydrogen (secondary N) is 2. The van der Waals surface area contributed by atoms with Crippen molar-refractivity contribution in [2.24, 2.45) is 5.41 Å². The molecule has 0 aliphatic carbocycles. The van der Waals surface area contributed by atoms with Crippen LogP contribution in [0.4, 0.5) is 0 Å². The highest BCUT2D eigenvalue weighted by Crippen LogP contribution is 2.28. The molecule has 2 N–H and O–H groups in total. The lowest BCUT2D eigenvalue weighted by atomic mass is 9.79. The van der Waals surface area contributed by atoms with Crippen LogP contribution in [-0.2, 0) is 9.53 Å². The third-order valence-electron chi connectivity index (χ3n) is 4.84. The van der Waals surface area contributed by atoms with E-state index in [0.29, 0.717) is 25.3 Å². The van der Waals surface area contributed by atoms with E-state index in [4.69, 9.17) is 9.47 Å². The molecule has 1 aromatic rings. The minimum absolute atomic E-state index is 0.00518. The molecule has 0 bridgehead atoms. The van der Waals surface area contributed by atoms with Gasteiger partial charge in [0.25, 0.3) is 0 Å². The van der Waals surface area contributed by atoms with Crippen molar-refractivity contribution in [2.75, 3.05) is 40.0 Å². The number of methoxy groups -OCH3 is 1. The first-order valence-corrected chi connectivity index (χ1v) is 9.31. The van der Waals surface area contributed by atoms with E-state index >= 15 is 0 Å². The second kappa shape index (κ2) is 10.3. The first-order chi connectivity index (χ1) is 12.6. The van der Waals surface area contributed by atoms with E-state index in [1.807, 2.05) is 6.92 Å². The fourth-order valence-corrected chi connectivity index (χ4v) is 3.29. The highest BCUT2D eigenvalue weighted by Gasteiger charge is 2.32. The number of benzene rings is 1. The van der Waals surface area contributed by atoms with E-state index in [9.17, 15) is 9.59 Å². The zero-order valence-electron chi connectivity index (χ0n) is 15.8. The van der Waals surface area contributed by atoms with Crippen LogP contribution in [0.2, 0.25) is 0 Å². The molecule has 0 spiro atoms. The maximum Gasteiger partial charge on any atom is 0.220 e. The van der Waals surface area contributed by atoms with Gasteiger partial charge >= 0.3 is 0 Å². The van der Waals surface area contributed by atoms with E-state index in [-0.39, 0.29) is 29.9 Å². The number of ketones is 1. The maximum atomic E-state index is 12.2. The van der Waals surface area contributed by atoms with Crippen LogP contribution in [0.25, 0.3) is 0 Å². The number of ether oxygens (including phenoxy) is 2. The van der Waals surface area contributed by atoms with Crippen molar-refractivity contribution in [1.82, 2.24) is 10.6 Å². The molecule has 0 radical (unpaired) electrons. The van der Waals surface area contributed by atoms with Crippen LogP contribution in [0.5, 0.6) is 5.75 Å². The molecule has 1 aliphatic heterocycles. The van der Waals surface area contributed by atoms with Crippen LogP contribution in [0, 0.1) is 5.41 Å². The molecular formula is C20H30N2O4. The summed E-state index contributed by atoms with van der Waals surface area (Å²) in [6.45, 7) is 5.62. The Balaban J connectivity index is 1.77. The summed E-state index contributed by atoms with van der Waals surface area (Å²) in [6, 6.07) is 7.05. The third kappa shape index (κ3) is 6.11. The predicted octanol–water partition coefficient (Wildman–Crippen LogP) is 2.18. The average Bonchev–Trinajstić information content (AvgIpc) is 2.66. The highest BCUT2D eigenvalue weighted by atomic mass is 16.5. The minimum Gasteiger partial charge on any atom is -0.494 e. The summed E-state index contributed by atoms with van der Waals surface area (Å²) < 4.78 is 10.7. The monoisotopic (exact) mass is 362 g/mol. The van der Waals surface area contributed by atoms with E-state index in [0.717, 1.165) is 31.7 Å². The van der Waals surface area contributed by atoms with E-state index in [1.165, 1.54) is 0 Å². The molecule has 1 saturated heterocycles. The van der Waals surface area contributed by atoms with Gasteiger partial charge in [0.05, 0.1) is 13.2 Å². The number of carbonyl (C=O) groups excluding carboxylic acids is 2. The summed E-state index contributed by atoms with van der Waals surface area (Å²) in [5, 5.41) is 6.33. The normalized spacial score (nSPS) is 16.1. The number of hydrogen-bond donors (Lipinski definition) is 2. The van der Waals surface area contributed by atoms with Gasteiger partial charge in [-0.3, -0.25) is 9.59 Å². The van der Waals surface area contributed by atoms with Crippen molar-refractivity contribution in [3.8, 4) is 5.75 Å². The van der Waals surface area contributed by atoms with Gasteiger partial charge in [0.2, 0.25) is 5.91 Å². The SMILES string of the molecule is CCOc1ccc(C(=O)CCC(=O)NCC2(COC)CCNCC2)cc1. The van der Waals surface area contributed by atoms with Gasteiger partial charge in [-0.1, -0.05) is 0 Å². The lowest BCUT2D eigenvalue weighted by Crippen LogP contribution is -2.47. The van der Waals surface area contributed by atoms with Crippen LogP contribution in [0.15, 0.2) is 24.3 Å². The number of piperidine rings is 1. The fourth-order valence-electron chi connectivity index (χ4n) is 3.29. The highest BCUT2D eigenvalue weighted by molar-refractivity contribution is 5.98. The lowest BCUT2D eigenvalue weighted by molar-refractivity contribution is -0.122. The molecule has 2 rings (SSSR count). The largest absolute Gasteiger partial charge is 0.494 e. The van der Waals surface area contributed by atoms with Crippen LogP contribution >= 0.6 is 0 Å². The first kappa shape index (κ1) is 20.4. The van der Waals surface area contributed by atoms with Crippen molar-refractivity contribution >= 4 is 11.7 Å². The molecule has 0 unspecified atom stereocenters. The first-order valence-electron chi connectivity index (χ1n) is 9.31. The topological polar surface area (TPSA) is 76.7 Å². The van der Waals surface area contributed by atoms with Crippen molar-refractivity contribution in [1.29, 1.82) is 0 Å². The molecule has 1 amide bonds. The summed E-state index contributed by atoms with van der Waals surface area (Å²) in [5.41, 5.74) is 0.602. The van der Waals surface area contributed by atoms with Gasteiger partial charge in [-0.05, 0) is 57.1 Å². The molecule has 1 aliphatic rings. The van der Waals surface area contributed by atoms with Gasteiger partial charge in [-0.2, -0.15) is 0 Å². The fraction of sp³-hybridized carbons (Fsp3) is 0.600. The Morgan fingerprint density at radius 2 is 1.85 bits per heavy atom. The number of carbonyl (C=O) groups is 2. The summed E-state index contributed by atoms with van der Waals surface area (Å²) in [5.74, 6) is 0.627. The van der Waals surface area contributed by atoms with Crippen LogP contribution in [-0.4, -0.2) is 51.6 Å². The minimum atomic E-state index is -0.0849. The Bertz CT molecular complexity index is 574. The Morgan fingerprint density at radius 3 is 2.46 bits per heavy atom. The number of amides is 1. The van der Waals surface area contributed by atoms with Crippen LogP contribution in [0.1, 0.15) is 43.0 Å². The van der Waals surface area contributed by atoms with E-state index in [1.54, 1.807) is 31.4 Å². The Morgan fingerprint density at radius 1 is 1.15 bits per heavy atom. The predicted molar refractivity (Wildman–Crippen MR) is 101 cm³/mol. The molecule has 0 saturated carbocycles. The summed E-state index contributed by atoms with van der Waals surface area (Å²) in [4.78, 5) is 24.4. The Hall–Kier alpha value is -1.92. The quantitative estimate of drug-likeness (QED) is 0.624. The maximum absolute atomic E-state index is 12.2. The molecule has 6 heteroatoms. The molecule has 0 atom stereocenters. The molecule has 0 aromatic heterocycles. The second-order valence-electron chi connectivity index (χ2n) is 6.84. The number of Topliss-reactive ketones (excluding diaryl/α,β-unsaturated/α-hetero) is 1. The molecule has 26 heavy (non-hydrogen) atoms. The zero-order valence-corrected chi connectivity index (χ0v) is 15.8. The summed E-state index contributed by atoms with van der Waals surface area (Å²) in [6.07, 6.45) is 2.37. The zero-order chi connectivity index (χ0) is 18.8. The molecule has 144 valence electrons. The van der Waals surface area contributed by atoms with Gasteiger partial charge < -0.3 is 20.1 Å². The summed E-state index contributed by atoms with van der Waals surface area (Å²) >= 11 is 0. The van der Waals surface area contributed by atoms with Crippen LogP contribution < -0.4 is 15.4 Å². The van der Waals surface area contributed by atoms with Crippen molar-refractivity contribution in [3.63, 3.8) is 0 Å². The molecule has 6 nitrogen and oxygen atoms in total. The van der Waals surface area contributed by atoms with Gasteiger partial charge in [0.1, 0.15) is 5.75 Å². The lowest BCUT2D eigenvalue weighted by Gasteiger charge is -2.37. The summed E-state index contributed by atoms with van der Waals surface area (Å²) in [7, 11) is 1.70. The smallest absolute Gasteiger partial charge is 0.220 e. The third-order valence-corrected chi connectivity index (χ3v) is 4.84. The van der Waals surface area contributed by atoms with Gasteiger partial charge in [-0.25, -0.2) is 0 Å². The van der Waals surface area contributed by atoms with Crippen molar-refractivity contribution in [3.05, 3.63) is 29.8 Å². The Kier molecular flexibility index (Phi) is 8.06. The van der Waals surface area contributed by atoms with E-state index < -0.39 is 0 Å². The molecule has 1 fully saturated rings. The van der Waals surface area contributed by atoms with Gasteiger partial charge in [0, 0.05) is 37.5 Å². The van der Waals surface area contributed by atoms with Crippen molar-refractivity contribution in [2.45, 2.75) is 32.6 Å². The van der Waals surface area contributed by atoms with E-state index in [2.05, 4.69) is 10.6 Å². The number of hydrogen-bond acceptors (Lipinski definition) is 5. The van der Waals surface area contributed by atoms with Gasteiger partial charge in [0.15, 0.2) is 5.78 Å². The molecule has 1 heterocycles. The standard InChI is InChI=1S/C20H30N2O4/c1-3-26-17-6-4-16(5-7-17)18(23)8-9-19(24)22-14-20(15-25-2)10-12-21-13-11-20/h4-7,21H,3,8-15H2,1-2H3,(H,22,24). The van der Waals surface area contributed by atoms with Crippen LogP contribution in [0.3, 0.4) is 0 Å². The second-order valence-corrected chi connectivity index (χ2v) is 6.84. The average molecular weight is 362 g/mol.